The largest absolute Gasteiger partial charge is 0.389 e. The van der Waals surface area contributed by atoms with Crippen LogP contribution in [0.4, 0.5) is 0 Å². The normalized spacial score (nSPS) is 47.4. The lowest BCUT2D eigenvalue weighted by atomic mass is 9.73. The quantitative estimate of drug-likeness (QED) is 0.859. The second-order valence-corrected chi connectivity index (χ2v) is 3.88. The van der Waals surface area contributed by atoms with Crippen molar-refractivity contribution in [1.82, 2.24) is 0 Å². The molecular weight excluding hydrogens is 210 g/mol. The first-order chi connectivity index (χ1) is 12.3. The summed E-state index contributed by atoms with van der Waals surface area (Å²) in [7, 11) is 0. The molecule has 2 heteroatoms. The van der Waals surface area contributed by atoms with E-state index in [1.165, 1.54) is 24.3 Å². The van der Waals surface area contributed by atoms with Crippen LogP contribution in [0, 0.1) is 6.92 Å². The molecule has 1 aromatic rings. The van der Waals surface area contributed by atoms with E-state index in [0.29, 0.717) is 0 Å². The maximum Gasteiger partial charge on any atom is 0.0728 e. The number of aliphatic hydroxyl groups is 1. The van der Waals surface area contributed by atoms with E-state index in [-0.39, 0.29) is 5.56 Å². The second kappa shape index (κ2) is 5.19. The lowest BCUT2D eigenvalue weighted by molar-refractivity contribution is -0.0194. The van der Waals surface area contributed by atoms with Crippen LogP contribution >= 0.6 is 0 Å². The zero-order valence-corrected chi connectivity index (χ0v) is 9.54. The van der Waals surface area contributed by atoms with Crippen LogP contribution in [0.15, 0.2) is 24.3 Å². The van der Waals surface area contributed by atoms with Crippen LogP contribution in [0.3, 0.4) is 0 Å². The molecule has 1 aliphatic carbocycles. The fourth-order valence-corrected chi connectivity index (χ4v) is 1.69. The molecule has 3 N–H and O–H groups in total. The van der Waals surface area contributed by atoms with Gasteiger partial charge in [0, 0.05) is 27.5 Å². The third-order valence-electron chi connectivity index (χ3n) is 2.65. The third kappa shape index (κ3) is 2.70. The Morgan fingerprint density at radius 3 is 2.47 bits per heavy atom. The molecule has 0 heterocycles. The number of benzene rings is 1. The topological polar surface area (TPSA) is 46.2 Å². The van der Waals surface area contributed by atoms with Crippen molar-refractivity contribution in [3.8, 4) is 0 Å². The van der Waals surface area contributed by atoms with Crippen LogP contribution in [0.5, 0.6) is 0 Å². The Morgan fingerprint density at radius 2 is 1.94 bits per heavy atom. The molecule has 0 amide bonds. The van der Waals surface area contributed by atoms with Crippen molar-refractivity contribution in [2.45, 2.75) is 50.3 Å². The van der Waals surface area contributed by atoms with E-state index >= 15 is 0 Å². The number of hydrogen-bond acceptors (Lipinski definition) is 2. The Labute approximate surface area is 119 Å². The highest BCUT2D eigenvalue weighted by Crippen LogP contribution is 2.39. The number of nitrogens with two attached hydrogens (primary N) is 1. The smallest absolute Gasteiger partial charge is 0.0728 e. The van der Waals surface area contributed by atoms with E-state index in [9.17, 15) is 5.11 Å². The summed E-state index contributed by atoms with van der Waals surface area (Å²) in [5, 5.41) is 11.4. The van der Waals surface area contributed by atoms with Crippen molar-refractivity contribution in [2.75, 3.05) is 6.54 Å². The first-order valence-corrected chi connectivity index (χ1v) is 5.31. The average Bonchev–Trinajstić information content (AvgIpc) is 2.58. The van der Waals surface area contributed by atoms with Gasteiger partial charge >= 0.3 is 0 Å². The van der Waals surface area contributed by atoms with Crippen LogP contribution in [0.1, 0.15) is 64.0 Å². The summed E-state index contributed by atoms with van der Waals surface area (Å²) in [6.45, 7) is 0.845. The van der Waals surface area contributed by atoms with Crippen LogP contribution < -0.4 is 5.73 Å². The molecule has 1 atom stereocenters. The maximum absolute atomic E-state index is 11.4. The van der Waals surface area contributed by atoms with Gasteiger partial charge in [0.2, 0.25) is 0 Å². The highest BCUT2D eigenvalue weighted by Gasteiger charge is 2.37. The van der Waals surface area contributed by atoms with Gasteiger partial charge in [-0.15, -0.1) is 0 Å². The Hall–Kier alpha value is -0.860. The molecule has 0 saturated heterocycles. The zero-order chi connectivity index (χ0) is 22.2. The molecule has 0 bridgehead atoms. The zero-order valence-electron chi connectivity index (χ0n) is 20.5. The van der Waals surface area contributed by atoms with Gasteiger partial charge in [0.25, 0.3) is 0 Å². The van der Waals surface area contributed by atoms with E-state index < -0.39 is 49.9 Å². The van der Waals surface area contributed by atoms with E-state index in [0.717, 1.165) is 5.56 Å². The second-order valence-electron chi connectivity index (χ2n) is 3.88. The van der Waals surface area contributed by atoms with Gasteiger partial charge in [-0.3, -0.25) is 0 Å². The first-order valence-electron chi connectivity index (χ1n) is 10.8. The molecule has 17 heavy (non-hydrogen) atoms. The van der Waals surface area contributed by atoms with Crippen molar-refractivity contribution >= 4 is 0 Å². The molecule has 1 aliphatic rings. The van der Waals surface area contributed by atoms with Gasteiger partial charge in [0.15, 0.2) is 0 Å². The Morgan fingerprint density at radius 1 is 1.35 bits per heavy atom. The van der Waals surface area contributed by atoms with Crippen molar-refractivity contribution in [3.63, 3.8) is 0 Å². The Bertz CT molecular complexity index is 732. The predicted molar refractivity (Wildman–Crippen MR) is 71.0 cm³/mol. The summed E-state index contributed by atoms with van der Waals surface area (Å²) in [4.78, 5) is 0. The molecule has 2 nitrogen and oxygen atoms in total. The van der Waals surface area contributed by atoms with Gasteiger partial charge < -0.3 is 10.8 Å². The van der Waals surface area contributed by atoms with E-state index in [1.54, 1.807) is 6.92 Å². The summed E-state index contributed by atoms with van der Waals surface area (Å²) in [5.74, 6) is -2.73. The minimum Gasteiger partial charge on any atom is -0.389 e. The molecule has 2 rings (SSSR count). The van der Waals surface area contributed by atoms with Crippen molar-refractivity contribution in [1.29, 1.82) is 0 Å². The lowest BCUT2D eigenvalue weighted by Crippen LogP contribution is -2.41. The summed E-state index contributed by atoms with van der Waals surface area (Å²) in [5.41, 5.74) is 2.57. The highest BCUT2D eigenvalue weighted by atomic mass is 16.3. The third-order valence-corrected chi connectivity index (χ3v) is 2.65. The van der Waals surface area contributed by atoms with Crippen molar-refractivity contribution < 1.29 is 20.2 Å². The molecule has 0 aromatic heterocycles. The highest BCUT2D eigenvalue weighted by molar-refractivity contribution is 5.27. The molecular formula is C15H23NO. The van der Waals surface area contributed by atoms with Gasteiger partial charge in [0.05, 0.1) is 5.60 Å². The molecule has 1 saturated carbocycles. The van der Waals surface area contributed by atoms with Crippen LogP contribution in [0.25, 0.3) is 0 Å². The summed E-state index contributed by atoms with van der Waals surface area (Å²) in [6, 6.07) is 5.61. The summed E-state index contributed by atoms with van der Waals surface area (Å²) >= 11 is 0. The van der Waals surface area contributed by atoms with Gasteiger partial charge in [-0.2, -0.15) is 0 Å². The fraction of sp³-hybridized carbons (Fsp3) is 0.600. The summed E-state index contributed by atoms with van der Waals surface area (Å²) in [6.07, 6.45) is -18.5. The number of aryl methyl sites for hydroxylation is 1. The predicted octanol–water partition coefficient (Wildman–Crippen LogP) is 2.73. The van der Waals surface area contributed by atoms with E-state index in [4.69, 9.17) is 20.8 Å². The minimum atomic E-state index is -3.73. The fourth-order valence-electron chi connectivity index (χ4n) is 1.69. The van der Waals surface area contributed by atoms with Gasteiger partial charge in [-0.1, -0.05) is 48.9 Å². The van der Waals surface area contributed by atoms with E-state index in [1.807, 2.05) is 0 Å². The molecule has 1 aromatic carbocycles. The van der Waals surface area contributed by atoms with Gasteiger partial charge in [-0.05, 0) is 25.2 Å². The Balaban J connectivity index is 2.97. The SMILES string of the molecule is [2H]C(CN)(c1ccc(C)cc1)C1(O)C([2H])([2H])C([2H])([2H])C([2H])([2H])C([2H])([2H])C1([2H])[2H]. The summed E-state index contributed by atoms with van der Waals surface area (Å²) < 4.78 is 89.4. The molecule has 1 fully saturated rings. The van der Waals surface area contributed by atoms with Gasteiger partial charge in [0.1, 0.15) is 0 Å². The molecule has 94 valence electrons. The van der Waals surface area contributed by atoms with Gasteiger partial charge in [-0.25, -0.2) is 0 Å². The molecule has 0 radical (unpaired) electrons. The van der Waals surface area contributed by atoms with Crippen molar-refractivity contribution in [3.05, 3.63) is 35.4 Å². The first kappa shape index (κ1) is 4.67. The monoisotopic (exact) mass is 244 g/mol. The molecule has 1 unspecified atom stereocenters. The van der Waals surface area contributed by atoms with Crippen LogP contribution in [0.2, 0.25) is 0 Å². The maximum atomic E-state index is 11.4. The lowest BCUT2D eigenvalue weighted by Gasteiger charge is -2.39. The van der Waals surface area contributed by atoms with Crippen LogP contribution in [-0.4, -0.2) is 17.3 Å². The molecule has 0 aliphatic heterocycles. The van der Waals surface area contributed by atoms with E-state index in [2.05, 4.69) is 0 Å². The number of rotatable bonds is 3. The van der Waals surface area contributed by atoms with Crippen LogP contribution in [-0.2, 0) is 0 Å². The average molecular weight is 244 g/mol. The minimum absolute atomic E-state index is 0.148. The Kier molecular flexibility index (Phi) is 1.43. The standard InChI is InChI=1S/C15H23NO/c1-12-5-7-13(8-6-12)14(11-16)15(17)9-3-2-4-10-15/h5-8,14,17H,2-4,9-11,16H2,1H3/i2D2,3D2,4D2,9D2,10D2,14D. The molecule has 0 spiro atoms. The number of hydrogen-bond donors (Lipinski definition) is 2. The van der Waals surface area contributed by atoms with Crippen molar-refractivity contribution in [2.24, 2.45) is 5.73 Å².